The maximum absolute atomic E-state index is 12.7. The Morgan fingerprint density at radius 3 is 2.90 bits per heavy atom. The van der Waals surface area contributed by atoms with Gasteiger partial charge in [0.2, 0.25) is 0 Å². The number of nitro benzene ring substituents is 1. The molecule has 0 saturated carbocycles. The number of benzene rings is 1. The number of hydrogen-bond donors (Lipinski definition) is 1. The Bertz CT molecular complexity index is 1030. The molecule has 1 N–H and O–H groups in total. The van der Waals surface area contributed by atoms with E-state index in [0.717, 1.165) is 12.8 Å². The number of rotatable bonds is 5. The summed E-state index contributed by atoms with van der Waals surface area (Å²) in [7, 11) is 0. The number of carbonyl (C=O) groups excluding carboxylic acids is 1. The normalized spacial score (nSPS) is 20.5. The van der Waals surface area contributed by atoms with Gasteiger partial charge in [0.05, 0.1) is 22.6 Å². The van der Waals surface area contributed by atoms with E-state index in [9.17, 15) is 14.9 Å². The number of nitrogens with zero attached hydrogens (tertiary/aromatic N) is 2. The number of non-ortho nitro benzene ring substituents is 1. The highest BCUT2D eigenvalue weighted by molar-refractivity contribution is 7.80. The number of thiocarbonyl (C=S) groups is 1. The number of furan rings is 1. The van der Waals surface area contributed by atoms with E-state index in [2.05, 4.69) is 5.32 Å². The van der Waals surface area contributed by atoms with Gasteiger partial charge in [0, 0.05) is 30.4 Å². The van der Waals surface area contributed by atoms with Gasteiger partial charge in [0.25, 0.3) is 11.6 Å². The summed E-state index contributed by atoms with van der Waals surface area (Å²) in [5, 5.41) is 14.3. The Morgan fingerprint density at radius 1 is 1.38 bits per heavy atom. The van der Waals surface area contributed by atoms with Crippen molar-refractivity contribution in [1.82, 2.24) is 10.2 Å². The van der Waals surface area contributed by atoms with Crippen LogP contribution in [0.15, 0.2) is 40.4 Å². The zero-order valence-corrected chi connectivity index (χ0v) is 16.7. The molecule has 10 heteroatoms. The molecule has 1 amide bonds. The molecule has 8 nitrogen and oxygen atoms in total. The molecule has 29 heavy (non-hydrogen) atoms. The van der Waals surface area contributed by atoms with E-state index in [0.29, 0.717) is 41.0 Å². The van der Waals surface area contributed by atoms with Crippen LogP contribution < -0.4 is 5.32 Å². The summed E-state index contributed by atoms with van der Waals surface area (Å²) >= 11 is 11.4. The summed E-state index contributed by atoms with van der Waals surface area (Å²) in [6, 6.07) is 7.50. The number of nitro groups is 1. The Balaban J connectivity index is 1.52. The highest BCUT2D eigenvalue weighted by atomic mass is 35.5. The van der Waals surface area contributed by atoms with Gasteiger partial charge >= 0.3 is 0 Å². The van der Waals surface area contributed by atoms with Gasteiger partial charge in [0.15, 0.2) is 5.11 Å². The highest BCUT2D eigenvalue weighted by Gasteiger charge is 2.33. The zero-order valence-electron chi connectivity index (χ0n) is 15.1. The fourth-order valence-electron chi connectivity index (χ4n) is 3.26. The van der Waals surface area contributed by atoms with Gasteiger partial charge in [-0.05, 0) is 43.3 Å². The molecule has 0 bridgehead atoms. The van der Waals surface area contributed by atoms with Gasteiger partial charge in [-0.3, -0.25) is 19.8 Å². The first kappa shape index (κ1) is 19.6. The van der Waals surface area contributed by atoms with Crippen molar-refractivity contribution in [2.75, 3.05) is 13.2 Å². The Hall–Kier alpha value is -2.75. The first-order valence-electron chi connectivity index (χ1n) is 8.92. The van der Waals surface area contributed by atoms with E-state index in [4.69, 9.17) is 33.0 Å². The molecule has 1 unspecified atom stereocenters. The molecule has 1 atom stereocenters. The van der Waals surface area contributed by atoms with Gasteiger partial charge in [-0.25, -0.2) is 0 Å². The highest BCUT2D eigenvalue weighted by Crippen LogP contribution is 2.33. The van der Waals surface area contributed by atoms with Crippen LogP contribution in [0.3, 0.4) is 0 Å². The predicted octanol–water partition coefficient (Wildman–Crippen LogP) is 3.74. The minimum absolute atomic E-state index is 0.00227. The third-order valence-electron chi connectivity index (χ3n) is 4.71. The van der Waals surface area contributed by atoms with Crippen molar-refractivity contribution < 1.29 is 18.9 Å². The van der Waals surface area contributed by atoms with Crippen molar-refractivity contribution in [2.24, 2.45) is 0 Å². The lowest BCUT2D eigenvalue weighted by Gasteiger charge is -2.18. The summed E-state index contributed by atoms with van der Waals surface area (Å²) in [5.41, 5.74) is 0.722. The van der Waals surface area contributed by atoms with E-state index in [-0.39, 0.29) is 22.7 Å². The monoisotopic (exact) mass is 433 g/mol. The van der Waals surface area contributed by atoms with Crippen molar-refractivity contribution in [3.05, 3.63) is 56.9 Å². The molecule has 2 saturated heterocycles. The molecule has 0 spiro atoms. The van der Waals surface area contributed by atoms with Gasteiger partial charge < -0.3 is 14.5 Å². The molecule has 4 rings (SSSR count). The van der Waals surface area contributed by atoms with E-state index < -0.39 is 4.92 Å². The van der Waals surface area contributed by atoms with Gasteiger partial charge in [-0.1, -0.05) is 11.6 Å². The van der Waals surface area contributed by atoms with E-state index >= 15 is 0 Å². The van der Waals surface area contributed by atoms with Crippen LogP contribution >= 0.6 is 23.8 Å². The Morgan fingerprint density at radius 2 is 2.21 bits per heavy atom. The van der Waals surface area contributed by atoms with Crippen molar-refractivity contribution in [2.45, 2.75) is 18.9 Å². The third-order valence-corrected chi connectivity index (χ3v) is 5.35. The van der Waals surface area contributed by atoms with Crippen LogP contribution in [-0.2, 0) is 9.53 Å². The molecule has 2 aliphatic rings. The molecule has 1 aromatic heterocycles. The maximum Gasteiger partial charge on any atom is 0.276 e. The summed E-state index contributed by atoms with van der Waals surface area (Å²) in [5.74, 6) is 0.616. The molecule has 2 aliphatic heterocycles. The van der Waals surface area contributed by atoms with E-state index in [1.165, 1.54) is 23.1 Å². The summed E-state index contributed by atoms with van der Waals surface area (Å²) < 4.78 is 11.3. The molecule has 2 aromatic rings. The van der Waals surface area contributed by atoms with Crippen LogP contribution in [0.4, 0.5) is 5.69 Å². The fourth-order valence-corrected chi connectivity index (χ4v) is 3.80. The van der Waals surface area contributed by atoms with Gasteiger partial charge in [-0.2, -0.15) is 0 Å². The fraction of sp³-hybridized carbons (Fsp3) is 0.263. The summed E-state index contributed by atoms with van der Waals surface area (Å²) in [6.45, 7) is 1.12. The van der Waals surface area contributed by atoms with Crippen molar-refractivity contribution in [3.63, 3.8) is 0 Å². The Kier molecular flexibility index (Phi) is 5.35. The van der Waals surface area contributed by atoms with Crippen LogP contribution in [0.1, 0.15) is 18.6 Å². The van der Waals surface area contributed by atoms with Crippen LogP contribution in [0.2, 0.25) is 5.02 Å². The second-order valence-corrected chi connectivity index (χ2v) is 7.46. The van der Waals surface area contributed by atoms with Crippen LogP contribution in [-0.4, -0.2) is 40.1 Å². The molecule has 0 aliphatic carbocycles. The van der Waals surface area contributed by atoms with Crippen LogP contribution in [0.5, 0.6) is 0 Å². The molecule has 1 aromatic carbocycles. The minimum Gasteiger partial charge on any atom is -0.457 e. The second-order valence-electron chi connectivity index (χ2n) is 6.66. The molecule has 150 valence electrons. The van der Waals surface area contributed by atoms with Crippen LogP contribution in [0, 0.1) is 10.1 Å². The number of amides is 1. The first-order chi connectivity index (χ1) is 13.9. The average molecular weight is 434 g/mol. The van der Waals surface area contributed by atoms with E-state index in [1.54, 1.807) is 18.2 Å². The topological polar surface area (TPSA) is 97.8 Å². The molecular formula is C19H16ClN3O5S. The number of hydrogen-bond acceptors (Lipinski definition) is 6. The quantitative estimate of drug-likeness (QED) is 0.332. The maximum atomic E-state index is 12.7. The van der Waals surface area contributed by atoms with Crippen molar-refractivity contribution >= 4 is 46.6 Å². The first-order valence-corrected chi connectivity index (χ1v) is 9.71. The predicted molar refractivity (Wildman–Crippen MR) is 110 cm³/mol. The number of nitrogens with one attached hydrogen (secondary N) is 1. The van der Waals surface area contributed by atoms with Crippen molar-refractivity contribution in [3.8, 4) is 11.3 Å². The third kappa shape index (κ3) is 4.02. The van der Waals surface area contributed by atoms with Gasteiger partial charge in [-0.15, -0.1) is 0 Å². The smallest absolute Gasteiger partial charge is 0.276 e. The van der Waals surface area contributed by atoms with Gasteiger partial charge in [0.1, 0.15) is 17.2 Å². The minimum atomic E-state index is -0.518. The number of ether oxygens (including phenoxy) is 1. The van der Waals surface area contributed by atoms with E-state index in [1.807, 2.05) is 0 Å². The lowest BCUT2D eigenvalue weighted by atomic mass is 10.1. The molecule has 2 fully saturated rings. The summed E-state index contributed by atoms with van der Waals surface area (Å²) in [4.78, 5) is 24.5. The average Bonchev–Trinajstić information content (AvgIpc) is 3.41. The number of halogens is 1. The van der Waals surface area contributed by atoms with Crippen LogP contribution in [0.25, 0.3) is 17.4 Å². The standard InChI is InChI=1S/C19H16ClN3O5S/c20-15-8-11(23(25)26)3-5-14(15)17-6-4-12(28-17)9-16-18(24)22(19(29)21-16)10-13-2-1-7-27-13/h3-6,8-9,13H,1-2,7,10H2,(H,21,29)/b16-9+. The molecular weight excluding hydrogens is 418 g/mol. The second kappa shape index (κ2) is 7.94. The zero-order chi connectivity index (χ0) is 20.5. The largest absolute Gasteiger partial charge is 0.457 e. The lowest BCUT2D eigenvalue weighted by molar-refractivity contribution is -0.384. The van der Waals surface area contributed by atoms with Crippen molar-refractivity contribution in [1.29, 1.82) is 0 Å². The SMILES string of the molecule is O=C1/C(=C\c2ccc(-c3ccc([N+](=O)[O-])cc3Cl)o2)NC(=S)N1CC1CCCO1. The molecule has 3 heterocycles. The summed E-state index contributed by atoms with van der Waals surface area (Å²) in [6.07, 6.45) is 3.45. The Labute approximate surface area is 176 Å². The molecule has 0 radical (unpaired) electrons. The lowest BCUT2D eigenvalue weighted by Crippen LogP contribution is -2.37. The number of carbonyl (C=O) groups is 1.